The fourth-order valence-electron chi connectivity index (χ4n) is 1.89. The Morgan fingerprint density at radius 3 is 2.96 bits per heavy atom. The Hall–Kier alpha value is -3.13. The first kappa shape index (κ1) is 19.9. The fraction of sp³-hybridized carbons (Fsp3) is 0.200. The van der Waals surface area contributed by atoms with E-state index in [9.17, 15) is 4.39 Å². The predicted molar refractivity (Wildman–Crippen MR) is 100 cm³/mol. The van der Waals surface area contributed by atoms with Gasteiger partial charge in [0.25, 0.3) is 0 Å². The molecule has 0 unspecified atom stereocenters. The molecule has 4 nitrogen and oxygen atoms in total. The Balaban J connectivity index is 2.56. The molecule has 0 radical (unpaired) electrons. The van der Waals surface area contributed by atoms with Crippen molar-refractivity contribution in [1.82, 2.24) is 5.01 Å². The number of hydrazone groups is 1. The molecular weight excluding hydrogens is 317 g/mol. The summed E-state index contributed by atoms with van der Waals surface area (Å²) in [6.45, 7) is 8.60. The van der Waals surface area contributed by atoms with Crippen molar-refractivity contribution in [2.24, 2.45) is 5.10 Å². The summed E-state index contributed by atoms with van der Waals surface area (Å²) in [5, 5.41) is 15.0. The Morgan fingerprint density at radius 2 is 2.28 bits per heavy atom. The van der Waals surface area contributed by atoms with E-state index in [1.165, 1.54) is 24.5 Å². The van der Waals surface area contributed by atoms with Crippen LogP contribution in [0, 0.1) is 11.3 Å². The first-order valence-corrected chi connectivity index (χ1v) is 7.88. The highest BCUT2D eigenvalue weighted by Crippen LogP contribution is 2.18. The fourth-order valence-corrected chi connectivity index (χ4v) is 1.89. The molecule has 0 aliphatic rings. The van der Waals surface area contributed by atoms with E-state index in [1.807, 2.05) is 19.1 Å². The number of allylic oxidation sites excluding steroid dienone is 5. The van der Waals surface area contributed by atoms with Crippen molar-refractivity contribution >= 4 is 11.9 Å². The van der Waals surface area contributed by atoms with Crippen LogP contribution < -0.4 is 0 Å². The molecule has 0 heterocycles. The van der Waals surface area contributed by atoms with E-state index in [0.29, 0.717) is 17.8 Å². The van der Waals surface area contributed by atoms with Gasteiger partial charge in [-0.2, -0.15) is 10.4 Å². The number of hydrogen-bond donors (Lipinski definition) is 0. The first-order valence-electron chi connectivity index (χ1n) is 7.88. The van der Waals surface area contributed by atoms with Gasteiger partial charge in [-0.05, 0) is 44.2 Å². The molecule has 0 aliphatic carbocycles. The Labute approximate surface area is 148 Å². The molecule has 0 spiro atoms. The van der Waals surface area contributed by atoms with Gasteiger partial charge in [-0.15, -0.1) is 0 Å². The minimum Gasteiger partial charge on any atom is -0.495 e. The lowest BCUT2D eigenvalue weighted by Crippen LogP contribution is -2.15. The van der Waals surface area contributed by atoms with Crippen LogP contribution in [0.4, 0.5) is 4.39 Å². The molecule has 5 heteroatoms. The number of hydrogen-bond acceptors (Lipinski definition) is 4. The monoisotopic (exact) mass is 339 g/mol. The minimum atomic E-state index is -0.343. The van der Waals surface area contributed by atoms with Crippen molar-refractivity contribution < 1.29 is 9.13 Å². The van der Waals surface area contributed by atoms with E-state index in [4.69, 9.17) is 10.00 Å². The molecule has 0 aliphatic heterocycles. The molecule has 1 rings (SSSR count). The summed E-state index contributed by atoms with van der Waals surface area (Å²) in [5.41, 5.74) is 2.11. The summed E-state index contributed by atoms with van der Waals surface area (Å²) in [6, 6.07) is 9.31. The quantitative estimate of drug-likeness (QED) is 0.213. The highest BCUT2D eigenvalue weighted by molar-refractivity contribution is 5.65. The topological polar surface area (TPSA) is 48.6 Å². The van der Waals surface area contributed by atoms with E-state index >= 15 is 0 Å². The van der Waals surface area contributed by atoms with Crippen molar-refractivity contribution in [2.75, 3.05) is 13.2 Å². The summed E-state index contributed by atoms with van der Waals surface area (Å²) in [4.78, 5) is 0. The zero-order valence-electron chi connectivity index (χ0n) is 14.5. The summed E-state index contributed by atoms with van der Waals surface area (Å²) in [6.07, 6.45) is 8.76. The van der Waals surface area contributed by atoms with Crippen LogP contribution in [0.3, 0.4) is 0 Å². The molecule has 0 saturated heterocycles. The van der Waals surface area contributed by atoms with E-state index in [0.717, 1.165) is 5.56 Å². The molecule has 0 bridgehead atoms. The average molecular weight is 339 g/mol. The highest BCUT2D eigenvalue weighted by atomic mass is 19.1. The summed E-state index contributed by atoms with van der Waals surface area (Å²) >= 11 is 0. The maximum Gasteiger partial charge on any atom is 0.124 e. The van der Waals surface area contributed by atoms with E-state index in [2.05, 4.69) is 17.7 Å². The maximum atomic E-state index is 13.0. The molecule has 1 aromatic carbocycles. The highest BCUT2D eigenvalue weighted by Gasteiger charge is 2.06. The van der Waals surface area contributed by atoms with Crippen LogP contribution >= 0.6 is 0 Å². The SMILES string of the molecule is C=C(c1cccc(C#N)c1)N(CC)/N=C/CO/C=C/C=C(F)\C=C/C. The van der Waals surface area contributed by atoms with Gasteiger partial charge in [0.05, 0.1) is 29.8 Å². The van der Waals surface area contributed by atoms with Gasteiger partial charge in [-0.25, -0.2) is 4.39 Å². The van der Waals surface area contributed by atoms with Crippen LogP contribution in [-0.4, -0.2) is 24.4 Å². The molecule has 1 aromatic rings. The predicted octanol–water partition coefficient (Wildman–Crippen LogP) is 4.80. The van der Waals surface area contributed by atoms with Gasteiger partial charge in [0.2, 0.25) is 0 Å². The van der Waals surface area contributed by atoms with Crippen molar-refractivity contribution in [3.8, 4) is 6.07 Å². The molecule has 25 heavy (non-hydrogen) atoms. The molecule has 0 atom stereocenters. The first-order chi connectivity index (χ1) is 12.1. The number of benzene rings is 1. The summed E-state index contributed by atoms with van der Waals surface area (Å²) < 4.78 is 18.3. The van der Waals surface area contributed by atoms with Gasteiger partial charge in [-0.1, -0.05) is 24.8 Å². The van der Waals surface area contributed by atoms with Crippen LogP contribution in [0.1, 0.15) is 25.0 Å². The van der Waals surface area contributed by atoms with Gasteiger partial charge >= 0.3 is 0 Å². The third-order valence-corrected chi connectivity index (χ3v) is 3.08. The largest absolute Gasteiger partial charge is 0.495 e. The van der Waals surface area contributed by atoms with Gasteiger partial charge in [-0.3, -0.25) is 5.01 Å². The number of nitriles is 1. The average Bonchev–Trinajstić information content (AvgIpc) is 2.63. The van der Waals surface area contributed by atoms with Crippen molar-refractivity contribution in [1.29, 1.82) is 5.26 Å². The normalized spacial score (nSPS) is 12.0. The molecule has 0 aromatic heterocycles. The van der Waals surface area contributed by atoms with E-state index < -0.39 is 0 Å². The van der Waals surface area contributed by atoms with Crippen LogP contribution in [0.5, 0.6) is 0 Å². The van der Waals surface area contributed by atoms with Gasteiger partial charge in [0.1, 0.15) is 12.4 Å². The molecule has 0 amide bonds. The van der Waals surface area contributed by atoms with Crippen LogP contribution in [0.2, 0.25) is 0 Å². The zero-order chi connectivity index (χ0) is 18.5. The zero-order valence-corrected chi connectivity index (χ0v) is 14.5. The third kappa shape index (κ3) is 7.32. The second kappa shape index (κ2) is 11.4. The Kier molecular flexibility index (Phi) is 9.09. The number of rotatable bonds is 9. The van der Waals surface area contributed by atoms with Gasteiger partial charge < -0.3 is 4.74 Å². The van der Waals surface area contributed by atoms with Gasteiger partial charge in [0.15, 0.2) is 0 Å². The van der Waals surface area contributed by atoms with Crippen LogP contribution in [-0.2, 0) is 4.74 Å². The lowest BCUT2D eigenvalue weighted by atomic mass is 10.1. The van der Waals surface area contributed by atoms with Crippen molar-refractivity contribution in [2.45, 2.75) is 13.8 Å². The third-order valence-electron chi connectivity index (χ3n) is 3.08. The second-order valence-corrected chi connectivity index (χ2v) is 4.87. The molecule has 0 saturated carbocycles. The lowest BCUT2D eigenvalue weighted by molar-refractivity contribution is 0.303. The lowest BCUT2D eigenvalue weighted by Gasteiger charge is -2.19. The number of nitrogens with zero attached hydrogens (tertiary/aromatic N) is 3. The number of halogens is 1. The second-order valence-electron chi connectivity index (χ2n) is 4.87. The summed E-state index contributed by atoms with van der Waals surface area (Å²) in [5.74, 6) is -0.343. The maximum absolute atomic E-state index is 13.0. The Bertz CT molecular complexity index is 727. The standard InChI is InChI=1S/C20H22FN3O/c1-4-8-20(21)11-7-13-25-14-12-23-24(5-2)17(3)19-10-6-9-18(15-19)16-22/h4,6-13,15H,3,5,14H2,1-2H3/b8-4-,13-7+,20-11+,23-12+. The van der Waals surface area contributed by atoms with Crippen LogP contribution in [0.15, 0.2) is 72.3 Å². The molecule has 130 valence electrons. The van der Waals surface area contributed by atoms with Crippen LogP contribution in [0.25, 0.3) is 5.70 Å². The van der Waals surface area contributed by atoms with E-state index in [-0.39, 0.29) is 12.4 Å². The summed E-state index contributed by atoms with van der Waals surface area (Å²) in [7, 11) is 0. The van der Waals surface area contributed by atoms with Crippen molar-refractivity contribution in [3.05, 3.63) is 78.4 Å². The smallest absolute Gasteiger partial charge is 0.124 e. The molecule has 0 fully saturated rings. The molecule has 0 N–H and O–H groups in total. The van der Waals surface area contributed by atoms with Crippen molar-refractivity contribution in [3.63, 3.8) is 0 Å². The van der Waals surface area contributed by atoms with E-state index in [1.54, 1.807) is 36.4 Å². The molecular formula is C20H22FN3O. The minimum absolute atomic E-state index is 0.248. The Morgan fingerprint density at radius 1 is 1.48 bits per heavy atom. The number of ether oxygens (including phenoxy) is 1. The van der Waals surface area contributed by atoms with Gasteiger partial charge in [0, 0.05) is 12.1 Å².